The largest absolute Gasteiger partial charge is 0.497 e. The van der Waals surface area contributed by atoms with Crippen LogP contribution in [0.3, 0.4) is 0 Å². The van der Waals surface area contributed by atoms with Crippen molar-refractivity contribution < 1.29 is 18.3 Å². The molecule has 5 heteroatoms. The van der Waals surface area contributed by atoms with Crippen LogP contribution in [0.5, 0.6) is 11.5 Å². The Kier molecular flexibility index (Phi) is 5.15. The molecule has 0 aliphatic rings. The SMILES string of the molecule is CNC(C)c1ccc(OC)cc1OCC(F)F. The predicted octanol–water partition coefficient (Wildman–Crippen LogP) is 2.62. The highest BCUT2D eigenvalue weighted by atomic mass is 19.3. The molecule has 1 aromatic rings. The first-order chi connectivity index (χ1) is 8.08. The Bertz CT molecular complexity index is 358. The zero-order valence-corrected chi connectivity index (χ0v) is 10.2. The molecule has 0 saturated carbocycles. The Morgan fingerprint density at radius 1 is 1.35 bits per heavy atom. The molecule has 0 heterocycles. The second-order valence-electron chi connectivity index (χ2n) is 3.62. The molecule has 1 atom stereocenters. The third-order valence-electron chi connectivity index (χ3n) is 2.49. The maximum atomic E-state index is 12.1. The number of alkyl halides is 2. The quantitative estimate of drug-likeness (QED) is 0.835. The fourth-order valence-electron chi connectivity index (χ4n) is 1.43. The number of rotatable bonds is 6. The molecule has 0 radical (unpaired) electrons. The lowest BCUT2D eigenvalue weighted by Gasteiger charge is -2.17. The molecule has 96 valence electrons. The van der Waals surface area contributed by atoms with Crippen molar-refractivity contribution in [1.29, 1.82) is 0 Å². The first kappa shape index (κ1) is 13.7. The normalized spacial score (nSPS) is 12.6. The van der Waals surface area contributed by atoms with Crippen molar-refractivity contribution in [3.05, 3.63) is 23.8 Å². The number of halogens is 2. The lowest BCUT2D eigenvalue weighted by atomic mass is 10.1. The van der Waals surface area contributed by atoms with Crippen molar-refractivity contribution in [2.45, 2.75) is 19.4 Å². The van der Waals surface area contributed by atoms with Gasteiger partial charge in [0.2, 0.25) is 0 Å². The number of hydrogen-bond acceptors (Lipinski definition) is 3. The lowest BCUT2D eigenvalue weighted by Crippen LogP contribution is -2.15. The van der Waals surface area contributed by atoms with E-state index in [0.29, 0.717) is 11.5 Å². The lowest BCUT2D eigenvalue weighted by molar-refractivity contribution is 0.0810. The van der Waals surface area contributed by atoms with Gasteiger partial charge in [-0.25, -0.2) is 8.78 Å². The van der Waals surface area contributed by atoms with Gasteiger partial charge in [0.1, 0.15) is 18.1 Å². The topological polar surface area (TPSA) is 30.5 Å². The predicted molar refractivity (Wildman–Crippen MR) is 62.0 cm³/mol. The average Bonchev–Trinajstić information content (AvgIpc) is 2.34. The van der Waals surface area contributed by atoms with Gasteiger partial charge in [-0.15, -0.1) is 0 Å². The monoisotopic (exact) mass is 245 g/mol. The summed E-state index contributed by atoms with van der Waals surface area (Å²) >= 11 is 0. The van der Waals surface area contributed by atoms with Crippen LogP contribution in [-0.2, 0) is 0 Å². The summed E-state index contributed by atoms with van der Waals surface area (Å²) in [6.45, 7) is 1.31. The molecule has 0 bridgehead atoms. The van der Waals surface area contributed by atoms with Crippen LogP contribution in [0.15, 0.2) is 18.2 Å². The van der Waals surface area contributed by atoms with E-state index in [1.54, 1.807) is 25.2 Å². The Hall–Kier alpha value is -1.36. The molecule has 17 heavy (non-hydrogen) atoms. The van der Waals surface area contributed by atoms with Gasteiger partial charge in [-0.05, 0) is 20.0 Å². The van der Waals surface area contributed by atoms with Gasteiger partial charge >= 0.3 is 0 Å². The van der Waals surface area contributed by atoms with Crippen molar-refractivity contribution in [3.63, 3.8) is 0 Å². The molecule has 1 rings (SSSR count). The zero-order chi connectivity index (χ0) is 12.8. The van der Waals surface area contributed by atoms with Crippen LogP contribution in [0, 0.1) is 0 Å². The van der Waals surface area contributed by atoms with E-state index < -0.39 is 13.0 Å². The fourth-order valence-corrected chi connectivity index (χ4v) is 1.43. The average molecular weight is 245 g/mol. The van der Waals surface area contributed by atoms with Gasteiger partial charge in [-0.2, -0.15) is 0 Å². The molecule has 0 spiro atoms. The number of hydrogen-bond donors (Lipinski definition) is 1. The van der Waals surface area contributed by atoms with Crippen molar-refractivity contribution in [3.8, 4) is 11.5 Å². The third kappa shape index (κ3) is 3.85. The maximum Gasteiger partial charge on any atom is 0.272 e. The zero-order valence-electron chi connectivity index (χ0n) is 10.2. The summed E-state index contributed by atoms with van der Waals surface area (Å²) in [5.41, 5.74) is 0.828. The van der Waals surface area contributed by atoms with Crippen molar-refractivity contribution in [1.82, 2.24) is 5.32 Å². The highest BCUT2D eigenvalue weighted by molar-refractivity contribution is 5.42. The molecule has 1 aromatic carbocycles. The van der Waals surface area contributed by atoms with E-state index in [2.05, 4.69) is 5.32 Å². The van der Waals surface area contributed by atoms with Crippen LogP contribution in [0.25, 0.3) is 0 Å². The van der Waals surface area contributed by atoms with Crippen LogP contribution in [-0.4, -0.2) is 27.2 Å². The van der Waals surface area contributed by atoms with Gasteiger partial charge in [-0.3, -0.25) is 0 Å². The first-order valence-corrected chi connectivity index (χ1v) is 5.34. The molecule has 0 amide bonds. The standard InChI is InChI=1S/C12H17F2NO2/c1-8(15-2)10-5-4-9(16-3)6-11(10)17-7-12(13)14/h4-6,8,12,15H,7H2,1-3H3. The van der Waals surface area contributed by atoms with E-state index in [9.17, 15) is 8.78 Å². The minimum Gasteiger partial charge on any atom is -0.497 e. The van der Waals surface area contributed by atoms with E-state index in [-0.39, 0.29) is 6.04 Å². The van der Waals surface area contributed by atoms with Gasteiger partial charge in [-0.1, -0.05) is 6.07 Å². The van der Waals surface area contributed by atoms with E-state index >= 15 is 0 Å². The van der Waals surface area contributed by atoms with Crippen LogP contribution >= 0.6 is 0 Å². The van der Waals surface area contributed by atoms with Crippen LogP contribution in [0.1, 0.15) is 18.5 Å². The van der Waals surface area contributed by atoms with Crippen LogP contribution in [0.2, 0.25) is 0 Å². The fraction of sp³-hybridized carbons (Fsp3) is 0.500. The molecule has 3 nitrogen and oxygen atoms in total. The second kappa shape index (κ2) is 6.39. The summed E-state index contributed by atoms with van der Waals surface area (Å²) in [6, 6.07) is 5.22. The van der Waals surface area contributed by atoms with Gasteiger partial charge in [0.25, 0.3) is 6.43 Å². The molecule has 0 saturated heterocycles. The van der Waals surface area contributed by atoms with Gasteiger partial charge in [0.15, 0.2) is 0 Å². The summed E-state index contributed by atoms with van der Waals surface area (Å²) in [5, 5.41) is 3.04. The highest BCUT2D eigenvalue weighted by Crippen LogP contribution is 2.29. The Morgan fingerprint density at radius 3 is 2.59 bits per heavy atom. The minimum atomic E-state index is -2.49. The molecule has 0 aliphatic carbocycles. The van der Waals surface area contributed by atoms with Crippen molar-refractivity contribution >= 4 is 0 Å². The summed E-state index contributed by atoms with van der Waals surface area (Å²) < 4.78 is 34.4. The van der Waals surface area contributed by atoms with Gasteiger partial charge < -0.3 is 14.8 Å². The van der Waals surface area contributed by atoms with Gasteiger partial charge in [0.05, 0.1) is 7.11 Å². The number of benzene rings is 1. The van der Waals surface area contributed by atoms with Crippen LogP contribution < -0.4 is 14.8 Å². The molecule has 1 N–H and O–H groups in total. The molecular formula is C12H17F2NO2. The third-order valence-corrected chi connectivity index (χ3v) is 2.49. The van der Waals surface area contributed by atoms with E-state index in [1.807, 2.05) is 6.92 Å². The van der Waals surface area contributed by atoms with Crippen LogP contribution in [0.4, 0.5) is 8.78 Å². The number of ether oxygens (including phenoxy) is 2. The van der Waals surface area contributed by atoms with E-state index in [1.165, 1.54) is 7.11 Å². The second-order valence-corrected chi connectivity index (χ2v) is 3.62. The summed E-state index contributed by atoms with van der Waals surface area (Å²) in [7, 11) is 3.32. The number of methoxy groups -OCH3 is 1. The maximum absolute atomic E-state index is 12.1. The Morgan fingerprint density at radius 2 is 2.06 bits per heavy atom. The molecule has 0 fully saturated rings. The minimum absolute atomic E-state index is 0.0218. The Balaban J connectivity index is 2.94. The molecule has 0 aliphatic heterocycles. The summed E-state index contributed by atoms with van der Waals surface area (Å²) in [4.78, 5) is 0. The Labute approximate surface area is 99.7 Å². The molecule has 0 aromatic heterocycles. The molecule has 1 unspecified atom stereocenters. The molecular weight excluding hydrogens is 228 g/mol. The van der Waals surface area contributed by atoms with Gasteiger partial charge in [0, 0.05) is 17.7 Å². The smallest absolute Gasteiger partial charge is 0.272 e. The summed E-state index contributed by atoms with van der Waals surface area (Å²) in [5.74, 6) is 1.01. The van der Waals surface area contributed by atoms with E-state index in [0.717, 1.165) is 5.56 Å². The van der Waals surface area contributed by atoms with Crippen molar-refractivity contribution in [2.24, 2.45) is 0 Å². The summed E-state index contributed by atoms with van der Waals surface area (Å²) in [6.07, 6.45) is -2.49. The van der Waals surface area contributed by atoms with Crippen molar-refractivity contribution in [2.75, 3.05) is 20.8 Å². The highest BCUT2D eigenvalue weighted by Gasteiger charge is 2.13. The number of nitrogens with one attached hydrogen (secondary N) is 1. The van der Waals surface area contributed by atoms with E-state index in [4.69, 9.17) is 9.47 Å². The first-order valence-electron chi connectivity index (χ1n) is 5.34.